The van der Waals surface area contributed by atoms with Gasteiger partial charge in [0.25, 0.3) is 0 Å². The van der Waals surface area contributed by atoms with Gasteiger partial charge in [0.05, 0.1) is 11.5 Å². The molecule has 0 saturated heterocycles. The van der Waals surface area contributed by atoms with Crippen molar-refractivity contribution >= 4 is 5.78 Å². The van der Waals surface area contributed by atoms with Crippen LogP contribution in [-0.2, 0) is 9.53 Å². The van der Waals surface area contributed by atoms with E-state index in [1.807, 2.05) is 13.8 Å². The molecule has 0 aromatic heterocycles. The zero-order chi connectivity index (χ0) is 9.35. The summed E-state index contributed by atoms with van der Waals surface area (Å²) in [5.41, 5.74) is -0.227. The number of rotatable bonds is 3. The van der Waals surface area contributed by atoms with Crippen LogP contribution < -0.4 is 0 Å². The minimum atomic E-state index is -0.227. The molecule has 2 heteroatoms. The van der Waals surface area contributed by atoms with Gasteiger partial charge in [0.1, 0.15) is 5.78 Å². The summed E-state index contributed by atoms with van der Waals surface area (Å²) >= 11 is 0. The van der Waals surface area contributed by atoms with E-state index in [1.54, 1.807) is 0 Å². The molecule has 0 bridgehead atoms. The smallest absolute Gasteiger partial charge is 0.143 e. The van der Waals surface area contributed by atoms with Crippen LogP contribution in [0, 0.1) is 11.3 Å². The lowest BCUT2D eigenvalue weighted by Gasteiger charge is -2.42. The Balaban J connectivity index is 2.33. The maximum absolute atomic E-state index is 11.1. The Labute approximate surface area is 74.3 Å². The van der Waals surface area contributed by atoms with Gasteiger partial charge in [-0.15, -0.1) is 0 Å². The standard InChI is InChI=1S/C10H18O2/c1-7(2)6-12-9-5-8(11)10(9,3)4/h7,9H,5-6H2,1-4H3/t9-/m0/s1. The largest absolute Gasteiger partial charge is 0.376 e. The average molecular weight is 170 g/mol. The summed E-state index contributed by atoms with van der Waals surface area (Å²) < 4.78 is 5.60. The fourth-order valence-electron chi connectivity index (χ4n) is 1.31. The zero-order valence-electron chi connectivity index (χ0n) is 8.39. The second-order valence-electron chi connectivity index (χ2n) is 4.56. The van der Waals surface area contributed by atoms with E-state index < -0.39 is 0 Å². The molecule has 0 heterocycles. The summed E-state index contributed by atoms with van der Waals surface area (Å²) in [5.74, 6) is 0.882. The summed E-state index contributed by atoms with van der Waals surface area (Å²) in [6.45, 7) is 8.93. The van der Waals surface area contributed by atoms with Crippen LogP contribution in [0.5, 0.6) is 0 Å². The Bertz CT molecular complexity index is 182. The van der Waals surface area contributed by atoms with Crippen LogP contribution in [0.4, 0.5) is 0 Å². The molecule has 1 rings (SSSR count). The molecule has 0 aliphatic heterocycles. The molecule has 0 unspecified atom stereocenters. The summed E-state index contributed by atoms with van der Waals surface area (Å²) in [6, 6.07) is 0. The van der Waals surface area contributed by atoms with Crippen molar-refractivity contribution in [2.45, 2.75) is 40.2 Å². The first kappa shape index (κ1) is 9.72. The zero-order valence-corrected chi connectivity index (χ0v) is 8.39. The topological polar surface area (TPSA) is 26.3 Å². The second kappa shape index (κ2) is 3.17. The number of carbonyl (C=O) groups excluding carboxylic acids is 1. The molecular formula is C10H18O2. The van der Waals surface area contributed by atoms with Gasteiger partial charge in [-0.25, -0.2) is 0 Å². The van der Waals surface area contributed by atoms with Crippen LogP contribution in [-0.4, -0.2) is 18.5 Å². The van der Waals surface area contributed by atoms with Crippen molar-refractivity contribution in [2.24, 2.45) is 11.3 Å². The van der Waals surface area contributed by atoms with Gasteiger partial charge in [0.15, 0.2) is 0 Å². The van der Waals surface area contributed by atoms with E-state index in [1.165, 1.54) is 0 Å². The normalized spacial score (nSPS) is 27.4. The van der Waals surface area contributed by atoms with Crippen LogP contribution >= 0.6 is 0 Å². The molecule has 1 fully saturated rings. The van der Waals surface area contributed by atoms with E-state index in [4.69, 9.17) is 4.74 Å². The number of Topliss-reactive ketones (excluding diaryl/α,β-unsaturated/α-hetero) is 1. The Morgan fingerprint density at radius 1 is 1.58 bits per heavy atom. The van der Waals surface area contributed by atoms with Crippen LogP contribution in [0.2, 0.25) is 0 Å². The quantitative estimate of drug-likeness (QED) is 0.647. The molecular weight excluding hydrogens is 152 g/mol. The van der Waals surface area contributed by atoms with Gasteiger partial charge in [-0.05, 0) is 5.92 Å². The van der Waals surface area contributed by atoms with Crippen molar-refractivity contribution < 1.29 is 9.53 Å². The van der Waals surface area contributed by atoms with E-state index in [9.17, 15) is 4.79 Å². The Morgan fingerprint density at radius 2 is 2.17 bits per heavy atom. The molecule has 70 valence electrons. The monoisotopic (exact) mass is 170 g/mol. The first-order valence-corrected chi connectivity index (χ1v) is 4.59. The maximum Gasteiger partial charge on any atom is 0.143 e. The number of carbonyl (C=O) groups is 1. The van der Waals surface area contributed by atoms with Crippen LogP contribution in [0.3, 0.4) is 0 Å². The van der Waals surface area contributed by atoms with E-state index in [0.29, 0.717) is 18.1 Å². The first-order valence-electron chi connectivity index (χ1n) is 4.59. The summed E-state index contributed by atoms with van der Waals surface area (Å²) in [5, 5.41) is 0. The molecule has 12 heavy (non-hydrogen) atoms. The Hall–Kier alpha value is -0.370. The average Bonchev–Trinajstić information content (AvgIpc) is 1.97. The minimum absolute atomic E-state index is 0.160. The van der Waals surface area contributed by atoms with Gasteiger partial charge in [0.2, 0.25) is 0 Å². The third-order valence-electron chi connectivity index (χ3n) is 2.53. The van der Waals surface area contributed by atoms with Crippen molar-refractivity contribution in [2.75, 3.05) is 6.61 Å². The van der Waals surface area contributed by atoms with Gasteiger partial charge < -0.3 is 4.74 Å². The highest BCUT2D eigenvalue weighted by Crippen LogP contribution is 2.38. The lowest BCUT2D eigenvalue weighted by molar-refractivity contribution is -0.159. The predicted octanol–water partition coefficient (Wildman–Crippen LogP) is 2.03. The molecule has 1 atom stereocenters. The van der Waals surface area contributed by atoms with Crippen LogP contribution in [0.25, 0.3) is 0 Å². The van der Waals surface area contributed by atoms with E-state index in [0.717, 1.165) is 6.61 Å². The van der Waals surface area contributed by atoms with Gasteiger partial charge in [-0.3, -0.25) is 4.79 Å². The predicted molar refractivity (Wildman–Crippen MR) is 48.0 cm³/mol. The van der Waals surface area contributed by atoms with Crippen LogP contribution in [0.15, 0.2) is 0 Å². The lowest BCUT2D eigenvalue weighted by atomic mass is 9.68. The molecule has 2 nitrogen and oxygen atoms in total. The third kappa shape index (κ3) is 1.69. The Kier molecular flexibility index (Phi) is 2.57. The first-order chi connectivity index (χ1) is 5.44. The molecule has 1 saturated carbocycles. The van der Waals surface area contributed by atoms with E-state index >= 15 is 0 Å². The van der Waals surface area contributed by atoms with Crippen molar-refractivity contribution in [1.82, 2.24) is 0 Å². The van der Waals surface area contributed by atoms with Gasteiger partial charge >= 0.3 is 0 Å². The maximum atomic E-state index is 11.1. The number of ketones is 1. The molecule has 0 aromatic carbocycles. The number of hydrogen-bond donors (Lipinski definition) is 0. The number of ether oxygens (including phenoxy) is 1. The van der Waals surface area contributed by atoms with Crippen molar-refractivity contribution in [3.63, 3.8) is 0 Å². The highest BCUT2D eigenvalue weighted by atomic mass is 16.5. The fraction of sp³-hybridized carbons (Fsp3) is 0.900. The lowest BCUT2D eigenvalue weighted by Crippen LogP contribution is -2.51. The van der Waals surface area contributed by atoms with Gasteiger partial charge in [-0.1, -0.05) is 27.7 Å². The van der Waals surface area contributed by atoms with Gasteiger partial charge in [0, 0.05) is 13.0 Å². The van der Waals surface area contributed by atoms with Crippen molar-refractivity contribution in [3.8, 4) is 0 Å². The summed E-state index contributed by atoms with van der Waals surface area (Å²) in [6.07, 6.45) is 0.770. The van der Waals surface area contributed by atoms with Crippen LogP contribution in [0.1, 0.15) is 34.1 Å². The SMILES string of the molecule is CC(C)CO[C@H]1CC(=O)C1(C)C. The molecule has 0 aromatic rings. The second-order valence-corrected chi connectivity index (χ2v) is 4.56. The molecule has 1 aliphatic rings. The van der Waals surface area contributed by atoms with Crippen molar-refractivity contribution in [1.29, 1.82) is 0 Å². The highest BCUT2D eigenvalue weighted by Gasteiger charge is 2.48. The molecule has 1 aliphatic carbocycles. The molecule has 0 N–H and O–H groups in total. The molecule has 0 radical (unpaired) electrons. The molecule has 0 spiro atoms. The van der Waals surface area contributed by atoms with Gasteiger partial charge in [-0.2, -0.15) is 0 Å². The van der Waals surface area contributed by atoms with E-state index in [2.05, 4.69) is 13.8 Å². The highest BCUT2D eigenvalue weighted by molar-refractivity contribution is 5.91. The Morgan fingerprint density at radius 3 is 2.50 bits per heavy atom. The molecule has 0 amide bonds. The minimum Gasteiger partial charge on any atom is -0.376 e. The third-order valence-corrected chi connectivity index (χ3v) is 2.53. The fourth-order valence-corrected chi connectivity index (χ4v) is 1.31. The summed E-state index contributed by atoms with van der Waals surface area (Å²) in [4.78, 5) is 11.1. The summed E-state index contributed by atoms with van der Waals surface area (Å²) in [7, 11) is 0. The van der Waals surface area contributed by atoms with E-state index in [-0.39, 0.29) is 11.5 Å². The number of hydrogen-bond acceptors (Lipinski definition) is 2. The van der Waals surface area contributed by atoms with Crippen molar-refractivity contribution in [3.05, 3.63) is 0 Å².